The molecule has 0 aliphatic heterocycles. The average Bonchev–Trinajstić information content (AvgIpc) is 3.08. The first-order chi connectivity index (χ1) is 11.9. The molecular weight excluding hydrogens is 382 g/mol. The van der Waals surface area contributed by atoms with Crippen molar-refractivity contribution in [1.29, 1.82) is 0 Å². The number of carbonyl (C=O) groups is 1. The van der Waals surface area contributed by atoms with Gasteiger partial charge in [-0.15, -0.1) is 11.3 Å². The van der Waals surface area contributed by atoms with Crippen molar-refractivity contribution in [2.45, 2.75) is 4.90 Å². The van der Waals surface area contributed by atoms with Crippen LogP contribution in [-0.4, -0.2) is 19.3 Å². The normalized spacial score (nSPS) is 11.1. The molecule has 0 radical (unpaired) electrons. The SMILES string of the molecule is O=C(Nc1nccs1)c1ccc(NS(=O)(=O)c2ccc(Cl)cc2)cc1. The maximum atomic E-state index is 12.3. The van der Waals surface area contributed by atoms with E-state index in [0.717, 1.165) is 0 Å². The van der Waals surface area contributed by atoms with Gasteiger partial charge >= 0.3 is 0 Å². The van der Waals surface area contributed by atoms with Gasteiger partial charge in [0.2, 0.25) is 0 Å². The van der Waals surface area contributed by atoms with Crippen molar-refractivity contribution in [2.24, 2.45) is 0 Å². The first-order valence-corrected chi connectivity index (χ1v) is 9.77. The number of aromatic nitrogens is 1. The zero-order chi connectivity index (χ0) is 17.9. The molecule has 2 N–H and O–H groups in total. The van der Waals surface area contributed by atoms with E-state index in [1.165, 1.54) is 59.9 Å². The van der Waals surface area contributed by atoms with Crippen LogP contribution in [0.2, 0.25) is 5.02 Å². The van der Waals surface area contributed by atoms with E-state index in [1.807, 2.05) is 0 Å². The van der Waals surface area contributed by atoms with Crippen LogP contribution in [0.5, 0.6) is 0 Å². The molecule has 1 aromatic heterocycles. The largest absolute Gasteiger partial charge is 0.298 e. The lowest BCUT2D eigenvalue weighted by atomic mass is 10.2. The van der Waals surface area contributed by atoms with Crippen molar-refractivity contribution in [3.8, 4) is 0 Å². The second-order valence-electron chi connectivity index (χ2n) is 4.93. The fourth-order valence-corrected chi connectivity index (χ4v) is 3.68. The van der Waals surface area contributed by atoms with Gasteiger partial charge in [-0.1, -0.05) is 11.6 Å². The minimum atomic E-state index is -3.72. The number of nitrogens with one attached hydrogen (secondary N) is 2. The Morgan fingerprint density at radius 2 is 1.72 bits per heavy atom. The average molecular weight is 394 g/mol. The highest BCUT2D eigenvalue weighted by Gasteiger charge is 2.14. The number of nitrogens with zero attached hydrogens (tertiary/aromatic N) is 1. The van der Waals surface area contributed by atoms with Gasteiger partial charge in [-0.2, -0.15) is 0 Å². The Labute approximate surface area is 153 Å². The summed E-state index contributed by atoms with van der Waals surface area (Å²) in [5.74, 6) is -0.318. The molecule has 0 unspecified atom stereocenters. The van der Waals surface area contributed by atoms with Crippen LogP contribution in [0.15, 0.2) is 65.0 Å². The molecule has 0 saturated carbocycles. The number of anilines is 2. The molecule has 128 valence electrons. The Kier molecular flexibility index (Phi) is 5.03. The second kappa shape index (κ2) is 7.22. The molecule has 3 aromatic rings. The fraction of sp³-hybridized carbons (Fsp3) is 0. The quantitative estimate of drug-likeness (QED) is 0.689. The molecule has 3 rings (SSSR count). The lowest BCUT2D eigenvalue weighted by molar-refractivity contribution is 0.102. The van der Waals surface area contributed by atoms with E-state index < -0.39 is 10.0 Å². The van der Waals surface area contributed by atoms with Crippen molar-refractivity contribution >= 4 is 49.7 Å². The van der Waals surface area contributed by atoms with Gasteiger partial charge in [-0.25, -0.2) is 13.4 Å². The van der Waals surface area contributed by atoms with E-state index in [4.69, 9.17) is 11.6 Å². The van der Waals surface area contributed by atoms with E-state index in [1.54, 1.807) is 11.6 Å². The van der Waals surface area contributed by atoms with Crippen LogP contribution in [0.3, 0.4) is 0 Å². The monoisotopic (exact) mass is 393 g/mol. The van der Waals surface area contributed by atoms with E-state index in [2.05, 4.69) is 15.0 Å². The highest BCUT2D eigenvalue weighted by molar-refractivity contribution is 7.92. The summed E-state index contributed by atoms with van der Waals surface area (Å²) in [6, 6.07) is 11.9. The van der Waals surface area contributed by atoms with Crippen molar-refractivity contribution in [3.05, 3.63) is 70.7 Å². The van der Waals surface area contributed by atoms with Gasteiger partial charge in [0.1, 0.15) is 0 Å². The van der Waals surface area contributed by atoms with Crippen molar-refractivity contribution < 1.29 is 13.2 Å². The summed E-state index contributed by atoms with van der Waals surface area (Å²) in [7, 11) is -3.72. The summed E-state index contributed by atoms with van der Waals surface area (Å²) in [4.78, 5) is 16.1. The van der Waals surface area contributed by atoms with Crippen LogP contribution in [0.25, 0.3) is 0 Å². The molecule has 0 spiro atoms. The van der Waals surface area contributed by atoms with Crippen molar-refractivity contribution in [3.63, 3.8) is 0 Å². The van der Waals surface area contributed by atoms with Gasteiger partial charge in [0, 0.05) is 27.9 Å². The van der Waals surface area contributed by atoms with Gasteiger partial charge in [-0.05, 0) is 48.5 Å². The van der Waals surface area contributed by atoms with E-state index in [-0.39, 0.29) is 10.8 Å². The van der Waals surface area contributed by atoms with Gasteiger partial charge in [-0.3, -0.25) is 14.8 Å². The third-order valence-corrected chi connectivity index (χ3v) is 5.51. The number of hydrogen-bond acceptors (Lipinski definition) is 5. The Balaban J connectivity index is 1.72. The third-order valence-electron chi connectivity index (χ3n) is 3.18. The number of rotatable bonds is 5. The number of amides is 1. The fourth-order valence-electron chi connectivity index (χ4n) is 1.97. The number of hydrogen-bond donors (Lipinski definition) is 2. The molecule has 25 heavy (non-hydrogen) atoms. The molecular formula is C16H12ClN3O3S2. The Hall–Kier alpha value is -2.42. The lowest BCUT2D eigenvalue weighted by Crippen LogP contribution is -2.14. The number of sulfonamides is 1. The summed E-state index contributed by atoms with van der Waals surface area (Å²) in [6.45, 7) is 0. The van der Waals surface area contributed by atoms with Gasteiger partial charge < -0.3 is 0 Å². The summed E-state index contributed by atoms with van der Waals surface area (Å²) in [5, 5.41) is 5.36. The van der Waals surface area contributed by atoms with Crippen molar-refractivity contribution in [1.82, 2.24) is 4.98 Å². The maximum absolute atomic E-state index is 12.3. The summed E-state index contributed by atoms with van der Waals surface area (Å²) < 4.78 is 27.1. The zero-order valence-electron chi connectivity index (χ0n) is 12.6. The number of benzene rings is 2. The van der Waals surface area contributed by atoms with Crippen LogP contribution < -0.4 is 10.0 Å². The Bertz CT molecular complexity index is 970. The Morgan fingerprint density at radius 3 is 2.32 bits per heavy atom. The molecule has 1 heterocycles. The van der Waals surface area contributed by atoms with E-state index in [9.17, 15) is 13.2 Å². The number of halogens is 1. The highest BCUT2D eigenvalue weighted by atomic mass is 35.5. The molecule has 0 atom stereocenters. The van der Waals surface area contributed by atoms with Crippen LogP contribution >= 0.6 is 22.9 Å². The molecule has 2 aromatic carbocycles. The first-order valence-electron chi connectivity index (χ1n) is 7.03. The molecule has 0 bridgehead atoms. The third kappa shape index (κ3) is 4.36. The van der Waals surface area contributed by atoms with E-state index in [0.29, 0.717) is 21.4 Å². The topological polar surface area (TPSA) is 88.2 Å². The summed E-state index contributed by atoms with van der Waals surface area (Å²) in [5.41, 5.74) is 0.741. The van der Waals surface area contributed by atoms with Crippen LogP contribution in [0.1, 0.15) is 10.4 Å². The lowest BCUT2D eigenvalue weighted by Gasteiger charge is -2.09. The summed E-state index contributed by atoms with van der Waals surface area (Å²) in [6.07, 6.45) is 1.59. The number of carbonyl (C=O) groups excluding carboxylic acids is 1. The first kappa shape index (κ1) is 17.4. The highest BCUT2D eigenvalue weighted by Crippen LogP contribution is 2.19. The maximum Gasteiger partial charge on any atom is 0.261 e. The predicted molar refractivity (Wildman–Crippen MR) is 98.8 cm³/mol. The molecule has 1 amide bonds. The molecule has 9 heteroatoms. The number of thiazole rings is 1. The molecule has 0 fully saturated rings. The van der Waals surface area contributed by atoms with Crippen molar-refractivity contribution in [2.75, 3.05) is 10.0 Å². The molecule has 0 saturated heterocycles. The van der Waals surface area contributed by atoms with Crippen LogP contribution in [0, 0.1) is 0 Å². The Morgan fingerprint density at radius 1 is 1.04 bits per heavy atom. The van der Waals surface area contributed by atoms with Gasteiger partial charge in [0.15, 0.2) is 5.13 Å². The predicted octanol–water partition coefficient (Wildman–Crippen LogP) is 3.85. The zero-order valence-corrected chi connectivity index (χ0v) is 15.0. The molecule has 6 nitrogen and oxygen atoms in total. The van der Waals surface area contributed by atoms with E-state index >= 15 is 0 Å². The second-order valence-corrected chi connectivity index (χ2v) is 7.94. The van der Waals surface area contributed by atoms with Gasteiger partial charge in [0.25, 0.3) is 15.9 Å². The van der Waals surface area contributed by atoms with Crippen LogP contribution in [0.4, 0.5) is 10.8 Å². The minimum Gasteiger partial charge on any atom is -0.298 e. The van der Waals surface area contributed by atoms with Gasteiger partial charge in [0.05, 0.1) is 4.90 Å². The standard InChI is InChI=1S/C16H12ClN3O3S2/c17-12-3-7-14(8-4-12)25(22,23)20-13-5-1-11(2-6-13)15(21)19-16-18-9-10-24-16/h1-10,20H,(H,18,19,21). The smallest absolute Gasteiger partial charge is 0.261 e. The minimum absolute atomic E-state index is 0.0995. The molecule has 0 aliphatic carbocycles. The summed E-state index contributed by atoms with van der Waals surface area (Å²) >= 11 is 7.07. The van der Waals surface area contributed by atoms with Crippen LogP contribution in [-0.2, 0) is 10.0 Å². The molecule has 0 aliphatic rings.